The number of nitrogens with zero attached hydrogens (tertiary/aromatic N) is 2. The van der Waals surface area contributed by atoms with Gasteiger partial charge in [-0.2, -0.15) is 13.2 Å². The fourth-order valence-electron chi connectivity index (χ4n) is 1.37. The number of hydrogen-bond donors (Lipinski definition) is 1. The van der Waals surface area contributed by atoms with Gasteiger partial charge in [0.15, 0.2) is 0 Å². The van der Waals surface area contributed by atoms with Crippen LogP contribution in [0, 0.1) is 5.92 Å². The largest absolute Gasteiger partial charge is 0.451 e. The van der Waals surface area contributed by atoms with Crippen LogP contribution in [0.1, 0.15) is 39.4 Å². The molecule has 1 N–H and O–H groups in total. The van der Waals surface area contributed by atoms with Gasteiger partial charge in [-0.3, -0.25) is 0 Å². The van der Waals surface area contributed by atoms with Gasteiger partial charge in [-0.05, 0) is 24.5 Å². The van der Waals surface area contributed by atoms with E-state index in [0.717, 1.165) is 18.6 Å². The summed E-state index contributed by atoms with van der Waals surface area (Å²) in [5.41, 5.74) is 0. The second-order valence-electron chi connectivity index (χ2n) is 4.87. The highest BCUT2D eigenvalue weighted by Crippen LogP contribution is 2.30. The first-order valence-electron chi connectivity index (χ1n) is 6.66. The van der Waals surface area contributed by atoms with E-state index in [4.69, 9.17) is 0 Å². The third kappa shape index (κ3) is 5.98. The van der Waals surface area contributed by atoms with Gasteiger partial charge in [-0.25, -0.2) is 9.97 Å². The van der Waals surface area contributed by atoms with Crippen molar-refractivity contribution in [1.29, 1.82) is 0 Å². The van der Waals surface area contributed by atoms with Crippen molar-refractivity contribution < 1.29 is 13.2 Å². The van der Waals surface area contributed by atoms with Gasteiger partial charge in [0.05, 0.1) is 0 Å². The number of thioether (sulfide) groups is 1. The zero-order valence-electron chi connectivity index (χ0n) is 11.9. The van der Waals surface area contributed by atoms with Gasteiger partial charge in [0.25, 0.3) is 0 Å². The third-order valence-electron chi connectivity index (χ3n) is 2.46. The second-order valence-corrected chi connectivity index (χ2v) is 5.99. The summed E-state index contributed by atoms with van der Waals surface area (Å²) in [4.78, 5) is 7.12. The Balaban J connectivity index is 2.86. The van der Waals surface area contributed by atoms with Gasteiger partial charge in [0, 0.05) is 12.6 Å². The van der Waals surface area contributed by atoms with Gasteiger partial charge in [-0.15, -0.1) is 11.8 Å². The molecule has 114 valence electrons. The lowest BCUT2D eigenvalue weighted by atomic mass is 10.2. The lowest BCUT2D eigenvalue weighted by Gasteiger charge is -2.11. The first-order valence-corrected chi connectivity index (χ1v) is 7.64. The lowest BCUT2D eigenvalue weighted by molar-refractivity contribution is -0.145. The molecule has 3 nitrogen and oxygen atoms in total. The van der Waals surface area contributed by atoms with E-state index in [-0.39, 0.29) is 5.82 Å². The highest BCUT2D eigenvalue weighted by Gasteiger charge is 2.35. The summed E-state index contributed by atoms with van der Waals surface area (Å²) in [6.07, 6.45) is -2.76. The van der Waals surface area contributed by atoms with Gasteiger partial charge in [0.2, 0.25) is 5.82 Å². The van der Waals surface area contributed by atoms with E-state index in [1.165, 1.54) is 11.8 Å². The van der Waals surface area contributed by atoms with Crippen molar-refractivity contribution in [1.82, 2.24) is 9.97 Å². The van der Waals surface area contributed by atoms with Crippen LogP contribution in [0.3, 0.4) is 0 Å². The number of nitrogens with one attached hydrogen (secondary N) is 1. The quantitative estimate of drug-likeness (QED) is 0.596. The predicted octanol–water partition coefficient (Wildman–Crippen LogP) is 4.46. The molecule has 0 saturated heterocycles. The Hall–Kier alpha value is -0.980. The summed E-state index contributed by atoms with van der Waals surface area (Å²) < 4.78 is 38.3. The molecule has 1 aromatic heterocycles. The average molecular weight is 307 g/mol. The summed E-state index contributed by atoms with van der Waals surface area (Å²) in [7, 11) is 0. The first kappa shape index (κ1) is 17.1. The molecule has 1 rings (SSSR count). The molecule has 0 aromatic carbocycles. The Morgan fingerprint density at radius 3 is 2.55 bits per heavy atom. The summed E-state index contributed by atoms with van der Waals surface area (Å²) in [5.74, 6) is 0.426. The zero-order chi connectivity index (χ0) is 15.2. The number of halogens is 3. The van der Waals surface area contributed by atoms with Crippen molar-refractivity contribution in [3.8, 4) is 0 Å². The van der Waals surface area contributed by atoms with Crippen molar-refractivity contribution in [3.63, 3.8) is 0 Å². The molecular formula is C13H20F3N3S. The molecule has 0 bridgehead atoms. The summed E-state index contributed by atoms with van der Waals surface area (Å²) >= 11 is 1.34. The van der Waals surface area contributed by atoms with Crippen LogP contribution >= 0.6 is 11.8 Å². The Bertz CT molecular complexity index is 422. The fourth-order valence-corrected chi connectivity index (χ4v) is 2.51. The van der Waals surface area contributed by atoms with E-state index in [9.17, 15) is 13.2 Å². The van der Waals surface area contributed by atoms with Crippen LogP contribution in [0.5, 0.6) is 0 Å². The number of anilines is 1. The minimum absolute atomic E-state index is 0.237. The standard InChI is InChI=1S/C13H20F3N3S/c1-4-6-17-10-8-11(20-7-5-9(2)3)19-12(18-10)13(14,15)16/h8-9H,4-7H2,1-3H3,(H,17,18,19). The Labute approximate surface area is 121 Å². The van der Waals surface area contributed by atoms with Crippen LogP contribution in [0.2, 0.25) is 0 Å². The van der Waals surface area contributed by atoms with Gasteiger partial charge < -0.3 is 5.32 Å². The van der Waals surface area contributed by atoms with Crippen LogP contribution in [0.4, 0.5) is 19.0 Å². The number of hydrogen-bond acceptors (Lipinski definition) is 4. The summed E-state index contributed by atoms with van der Waals surface area (Å²) in [6, 6.07) is 1.58. The Morgan fingerprint density at radius 2 is 2.00 bits per heavy atom. The van der Waals surface area contributed by atoms with Crippen molar-refractivity contribution in [2.24, 2.45) is 5.92 Å². The number of rotatable bonds is 7. The van der Waals surface area contributed by atoms with Crippen LogP contribution in [-0.4, -0.2) is 22.3 Å². The van der Waals surface area contributed by atoms with E-state index in [2.05, 4.69) is 29.1 Å². The molecule has 0 saturated carbocycles. The fraction of sp³-hybridized carbons (Fsp3) is 0.692. The van der Waals surface area contributed by atoms with E-state index >= 15 is 0 Å². The Morgan fingerprint density at radius 1 is 1.30 bits per heavy atom. The number of aromatic nitrogens is 2. The molecule has 0 radical (unpaired) electrons. The molecule has 1 heterocycles. The molecule has 0 atom stereocenters. The van der Waals surface area contributed by atoms with E-state index in [1.54, 1.807) is 6.07 Å². The van der Waals surface area contributed by atoms with Gasteiger partial charge >= 0.3 is 6.18 Å². The highest BCUT2D eigenvalue weighted by molar-refractivity contribution is 7.99. The van der Waals surface area contributed by atoms with E-state index < -0.39 is 12.0 Å². The summed E-state index contributed by atoms with van der Waals surface area (Å²) in [6.45, 7) is 6.69. The smallest absolute Gasteiger partial charge is 0.370 e. The predicted molar refractivity (Wildman–Crippen MR) is 76.0 cm³/mol. The summed E-state index contributed by atoms with van der Waals surface area (Å²) in [5, 5.41) is 3.25. The van der Waals surface area contributed by atoms with Crippen LogP contribution in [0.15, 0.2) is 11.1 Å². The van der Waals surface area contributed by atoms with Crippen molar-refractivity contribution in [3.05, 3.63) is 11.9 Å². The normalized spacial score (nSPS) is 11.9. The van der Waals surface area contributed by atoms with Crippen LogP contribution < -0.4 is 5.32 Å². The molecule has 0 aliphatic carbocycles. The molecular weight excluding hydrogens is 287 g/mol. The van der Waals surface area contributed by atoms with Crippen molar-refractivity contribution >= 4 is 17.6 Å². The van der Waals surface area contributed by atoms with Crippen molar-refractivity contribution in [2.45, 2.75) is 44.8 Å². The van der Waals surface area contributed by atoms with Gasteiger partial charge in [0.1, 0.15) is 10.8 Å². The van der Waals surface area contributed by atoms with Crippen molar-refractivity contribution in [2.75, 3.05) is 17.6 Å². The molecule has 0 unspecified atom stereocenters. The molecule has 7 heteroatoms. The molecule has 20 heavy (non-hydrogen) atoms. The van der Waals surface area contributed by atoms with E-state index in [1.807, 2.05) is 6.92 Å². The topological polar surface area (TPSA) is 37.8 Å². The molecule has 0 amide bonds. The zero-order valence-corrected chi connectivity index (χ0v) is 12.7. The third-order valence-corrected chi connectivity index (χ3v) is 3.40. The maximum absolute atomic E-state index is 12.8. The average Bonchev–Trinajstić information content (AvgIpc) is 2.34. The molecule has 0 aliphatic heterocycles. The van der Waals surface area contributed by atoms with Gasteiger partial charge in [-0.1, -0.05) is 20.8 Å². The maximum Gasteiger partial charge on any atom is 0.451 e. The molecule has 0 aliphatic rings. The maximum atomic E-state index is 12.8. The first-order chi connectivity index (χ1) is 9.32. The monoisotopic (exact) mass is 307 g/mol. The highest BCUT2D eigenvalue weighted by atomic mass is 32.2. The van der Waals surface area contributed by atoms with Crippen LogP contribution in [0.25, 0.3) is 0 Å². The molecule has 0 fully saturated rings. The van der Waals surface area contributed by atoms with E-state index in [0.29, 0.717) is 17.5 Å². The molecule has 1 aromatic rings. The SMILES string of the molecule is CCCNc1cc(SCCC(C)C)nc(C(F)(F)F)n1. The minimum Gasteiger partial charge on any atom is -0.370 e. The van der Waals surface area contributed by atoms with Crippen LogP contribution in [-0.2, 0) is 6.18 Å². The Kier molecular flexibility index (Phi) is 6.58. The second kappa shape index (κ2) is 7.71. The number of alkyl halides is 3. The molecule has 0 spiro atoms. The lowest BCUT2D eigenvalue weighted by Crippen LogP contribution is -2.14. The minimum atomic E-state index is -4.52.